The third-order valence-corrected chi connectivity index (χ3v) is 4.70. The zero-order valence-electron chi connectivity index (χ0n) is 14.8. The third-order valence-electron chi connectivity index (χ3n) is 4.45. The van der Waals surface area contributed by atoms with Gasteiger partial charge in [-0.25, -0.2) is 4.98 Å². The summed E-state index contributed by atoms with van der Waals surface area (Å²) in [6.45, 7) is -0.173. The molecule has 7 nitrogen and oxygen atoms in total. The second kappa shape index (κ2) is 7.44. The number of nitrogens with zero attached hydrogens (tertiary/aromatic N) is 2. The number of carbonyl (C=O) groups is 2. The Morgan fingerprint density at radius 2 is 1.89 bits per heavy atom. The van der Waals surface area contributed by atoms with E-state index >= 15 is 0 Å². The van der Waals surface area contributed by atoms with Crippen molar-refractivity contribution in [3.8, 4) is 0 Å². The summed E-state index contributed by atoms with van der Waals surface area (Å²) in [6, 6.07) is 11.8. The van der Waals surface area contributed by atoms with E-state index in [1.54, 1.807) is 42.5 Å². The van der Waals surface area contributed by atoms with Gasteiger partial charge in [-0.1, -0.05) is 11.6 Å². The minimum Gasteiger partial charge on any atom is -0.349 e. The largest absolute Gasteiger partial charge is 0.349 e. The van der Waals surface area contributed by atoms with E-state index < -0.39 is 5.56 Å². The van der Waals surface area contributed by atoms with Crippen molar-refractivity contribution in [2.24, 2.45) is 0 Å². The molecule has 0 spiro atoms. The van der Waals surface area contributed by atoms with E-state index in [4.69, 9.17) is 11.6 Å². The fourth-order valence-corrected chi connectivity index (χ4v) is 2.97. The van der Waals surface area contributed by atoms with E-state index in [1.807, 2.05) is 0 Å². The van der Waals surface area contributed by atoms with Gasteiger partial charge in [0, 0.05) is 22.3 Å². The standard InChI is InChI=1S/C20H17ClN4O3/c21-13-2-4-14(5-3-13)23-18(26)11-25-17-8-1-12(20(28)24-15-6-7-15)9-16(17)22-10-19(25)27/h1-5,8-10,15H,6-7,11H2,(H,23,26)(H,24,28). The molecule has 2 aromatic carbocycles. The van der Waals surface area contributed by atoms with Crippen LogP contribution in [0.3, 0.4) is 0 Å². The van der Waals surface area contributed by atoms with Crippen LogP contribution in [0.15, 0.2) is 53.5 Å². The highest BCUT2D eigenvalue weighted by atomic mass is 35.5. The van der Waals surface area contributed by atoms with Crippen LogP contribution in [-0.4, -0.2) is 27.4 Å². The molecule has 0 unspecified atom stereocenters. The highest BCUT2D eigenvalue weighted by Crippen LogP contribution is 2.20. The molecule has 1 aliphatic rings. The lowest BCUT2D eigenvalue weighted by Gasteiger charge is -2.11. The van der Waals surface area contributed by atoms with Gasteiger partial charge in [-0.15, -0.1) is 0 Å². The molecule has 1 fully saturated rings. The molecule has 0 atom stereocenters. The predicted molar refractivity (Wildman–Crippen MR) is 107 cm³/mol. The van der Waals surface area contributed by atoms with Crippen molar-refractivity contribution in [3.63, 3.8) is 0 Å². The van der Waals surface area contributed by atoms with Gasteiger partial charge in [0.15, 0.2) is 0 Å². The number of fused-ring (bicyclic) bond motifs is 1. The van der Waals surface area contributed by atoms with Gasteiger partial charge in [0.05, 0.1) is 17.2 Å². The number of benzene rings is 2. The highest BCUT2D eigenvalue weighted by Gasteiger charge is 2.24. The molecule has 3 aromatic rings. The Bertz CT molecular complexity index is 1120. The van der Waals surface area contributed by atoms with E-state index in [1.165, 1.54) is 4.57 Å². The molecule has 0 aliphatic heterocycles. The maximum atomic E-state index is 12.4. The number of rotatable bonds is 5. The summed E-state index contributed by atoms with van der Waals surface area (Å²) in [4.78, 5) is 41.0. The van der Waals surface area contributed by atoms with Crippen molar-refractivity contribution in [2.75, 3.05) is 5.32 Å². The number of hydrogen-bond donors (Lipinski definition) is 2. The first-order valence-corrected chi connectivity index (χ1v) is 9.23. The third kappa shape index (κ3) is 4.04. The Kier molecular flexibility index (Phi) is 4.83. The number of nitrogens with one attached hydrogen (secondary N) is 2. The first-order chi connectivity index (χ1) is 13.5. The quantitative estimate of drug-likeness (QED) is 0.693. The zero-order valence-corrected chi connectivity index (χ0v) is 15.6. The van der Waals surface area contributed by atoms with Gasteiger partial charge in [0.25, 0.3) is 11.5 Å². The van der Waals surface area contributed by atoms with Crippen LogP contribution in [-0.2, 0) is 11.3 Å². The first-order valence-electron chi connectivity index (χ1n) is 8.85. The van der Waals surface area contributed by atoms with Gasteiger partial charge in [-0.2, -0.15) is 0 Å². The molecular formula is C20H17ClN4O3. The average molecular weight is 397 g/mol. The maximum Gasteiger partial charge on any atom is 0.269 e. The van der Waals surface area contributed by atoms with Crippen LogP contribution in [0.5, 0.6) is 0 Å². The summed E-state index contributed by atoms with van der Waals surface area (Å²) in [6.07, 6.45) is 3.15. The normalized spacial score (nSPS) is 13.3. The van der Waals surface area contributed by atoms with Crippen LogP contribution in [0.4, 0.5) is 5.69 Å². The predicted octanol–water partition coefficient (Wildman–Crippen LogP) is 2.58. The molecule has 28 heavy (non-hydrogen) atoms. The minimum atomic E-state index is -0.395. The summed E-state index contributed by atoms with van der Waals surface area (Å²) in [7, 11) is 0. The van der Waals surface area contributed by atoms with Crippen LogP contribution >= 0.6 is 11.6 Å². The Labute approximate surface area is 165 Å². The molecule has 2 amide bonds. The highest BCUT2D eigenvalue weighted by molar-refractivity contribution is 6.30. The van der Waals surface area contributed by atoms with Gasteiger partial charge in [0.1, 0.15) is 6.54 Å². The summed E-state index contributed by atoms with van der Waals surface area (Å²) < 4.78 is 1.33. The molecule has 8 heteroatoms. The van der Waals surface area contributed by atoms with Gasteiger partial charge in [0.2, 0.25) is 5.91 Å². The van der Waals surface area contributed by atoms with Crippen molar-refractivity contribution in [3.05, 3.63) is 69.6 Å². The molecular weight excluding hydrogens is 380 g/mol. The molecule has 0 saturated heterocycles. The minimum absolute atomic E-state index is 0.163. The lowest BCUT2D eigenvalue weighted by molar-refractivity contribution is -0.116. The Balaban J connectivity index is 1.57. The number of hydrogen-bond acceptors (Lipinski definition) is 4. The van der Waals surface area contributed by atoms with E-state index in [0.717, 1.165) is 19.0 Å². The van der Waals surface area contributed by atoms with Crippen LogP contribution in [0.25, 0.3) is 11.0 Å². The van der Waals surface area contributed by atoms with E-state index in [0.29, 0.717) is 27.3 Å². The summed E-state index contributed by atoms with van der Waals surface area (Å²) in [5, 5.41) is 6.21. The molecule has 1 aromatic heterocycles. The Hall–Kier alpha value is -3.19. The maximum absolute atomic E-state index is 12.4. The van der Waals surface area contributed by atoms with Crippen molar-refractivity contribution in [1.29, 1.82) is 0 Å². The van der Waals surface area contributed by atoms with Gasteiger partial charge in [-0.05, 0) is 55.3 Å². The van der Waals surface area contributed by atoms with E-state index in [9.17, 15) is 14.4 Å². The fraction of sp³-hybridized carbons (Fsp3) is 0.200. The second-order valence-electron chi connectivity index (χ2n) is 6.69. The first kappa shape index (κ1) is 18.2. The van der Waals surface area contributed by atoms with E-state index in [2.05, 4.69) is 15.6 Å². The smallest absolute Gasteiger partial charge is 0.269 e. The summed E-state index contributed by atoms with van der Waals surface area (Å²) >= 11 is 5.84. The van der Waals surface area contributed by atoms with Gasteiger partial charge < -0.3 is 10.6 Å². The molecule has 2 N–H and O–H groups in total. The molecule has 1 saturated carbocycles. The Morgan fingerprint density at radius 1 is 1.14 bits per heavy atom. The van der Waals surface area contributed by atoms with Crippen molar-refractivity contribution >= 4 is 40.1 Å². The molecule has 1 aliphatic carbocycles. The molecule has 0 radical (unpaired) electrons. The summed E-state index contributed by atoms with van der Waals surface area (Å²) in [5.41, 5.74) is 1.63. The summed E-state index contributed by atoms with van der Waals surface area (Å²) in [5.74, 6) is -0.517. The van der Waals surface area contributed by atoms with Crippen LogP contribution in [0.2, 0.25) is 5.02 Å². The van der Waals surface area contributed by atoms with Gasteiger partial charge >= 0.3 is 0 Å². The number of carbonyl (C=O) groups excluding carboxylic acids is 2. The topological polar surface area (TPSA) is 93.1 Å². The van der Waals surface area contributed by atoms with Crippen molar-refractivity contribution < 1.29 is 9.59 Å². The molecule has 142 valence electrons. The molecule has 0 bridgehead atoms. The molecule has 4 rings (SSSR count). The monoisotopic (exact) mass is 396 g/mol. The SMILES string of the molecule is O=C(Cn1c(=O)cnc2cc(C(=O)NC3CC3)ccc21)Nc1ccc(Cl)cc1. The Morgan fingerprint density at radius 3 is 2.61 bits per heavy atom. The number of anilines is 1. The van der Waals surface area contributed by atoms with Crippen LogP contribution in [0, 0.1) is 0 Å². The lowest BCUT2D eigenvalue weighted by Crippen LogP contribution is -2.28. The van der Waals surface area contributed by atoms with Crippen molar-refractivity contribution in [2.45, 2.75) is 25.4 Å². The fourth-order valence-electron chi connectivity index (χ4n) is 2.85. The van der Waals surface area contributed by atoms with E-state index in [-0.39, 0.29) is 24.4 Å². The second-order valence-corrected chi connectivity index (χ2v) is 7.13. The molecule has 1 heterocycles. The van der Waals surface area contributed by atoms with Crippen molar-refractivity contribution in [1.82, 2.24) is 14.9 Å². The van der Waals surface area contributed by atoms with Gasteiger partial charge in [-0.3, -0.25) is 19.0 Å². The van der Waals surface area contributed by atoms with Crippen LogP contribution < -0.4 is 16.2 Å². The lowest BCUT2D eigenvalue weighted by atomic mass is 10.1. The van der Waals surface area contributed by atoms with Crippen LogP contribution in [0.1, 0.15) is 23.2 Å². The number of aromatic nitrogens is 2. The average Bonchev–Trinajstić information content (AvgIpc) is 3.49. The number of halogens is 1. The zero-order chi connectivity index (χ0) is 19.7. The number of amides is 2.